The molecule has 2 aliphatic rings. The topological polar surface area (TPSA) is 30.5 Å². The minimum absolute atomic E-state index is 0.358. The van der Waals surface area contributed by atoms with Gasteiger partial charge in [0.2, 0.25) is 6.79 Å². The third-order valence-corrected chi connectivity index (χ3v) is 4.84. The van der Waals surface area contributed by atoms with Crippen LogP contribution in [0.15, 0.2) is 18.2 Å². The van der Waals surface area contributed by atoms with E-state index in [0.717, 1.165) is 29.9 Å². The summed E-state index contributed by atoms with van der Waals surface area (Å²) < 4.78 is 10.8. The lowest BCUT2D eigenvalue weighted by Crippen LogP contribution is -2.39. The Morgan fingerprint density at radius 1 is 1.14 bits per heavy atom. The van der Waals surface area contributed by atoms with E-state index in [4.69, 9.17) is 9.47 Å². The molecule has 0 bridgehead atoms. The Hall–Kier alpha value is -1.22. The van der Waals surface area contributed by atoms with Crippen LogP contribution in [0.1, 0.15) is 51.5 Å². The highest BCUT2D eigenvalue weighted by molar-refractivity contribution is 5.44. The lowest BCUT2D eigenvalue weighted by Gasteiger charge is -2.29. The normalized spacial score (nSPS) is 25.8. The van der Waals surface area contributed by atoms with E-state index in [1.54, 1.807) is 0 Å². The lowest BCUT2D eigenvalue weighted by molar-refractivity contribution is 0.174. The van der Waals surface area contributed by atoms with Crippen molar-refractivity contribution in [2.75, 3.05) is 6.79 Å². The van der Waals surface area contributed by atoms with Crippen LogP contribution in [0.3, 0.4) is 0 Å². The van der Waals surface area contributed by atoms with Gasteiger partial charge in [0.1, 0.15) is 0 Å². The Morgan fingerprint density at radius 3 is 2.71 bits per heavy atom. The summed E-state index contributed by atoms with van der Waals surface area (Å²) in [5.74, 6) is 2.70. The molecule has 1 N–H and O–H groups in total. The third kappa shape index (κ3) is 3.91. The van der Waals surface area contributed by atoms with E-state index in [0.29, 0.717) is 12.8 Å². The molecule has 0 saturated heterocycles. The van der Waals surface area contributed by atoms with Gasteiger partial charge in [-0.15, -0.1) is 0 Å². The molecule has 0 spiro atoms. The van der Waals surface area contributed by atoms with Crippen molar-refractivity contribution in [1.29, 1.82) is 0 Å². The number of hydrogen-bond acceptors (Lipinski definition) is 3. The zero-order chi connectivity index (χ0) is 14.7. The minimum Gasteiger partial charge on any atom is -0.454 e. The third-order valence-electron chi connectivity index (χ3n) is 4.84. The van der Waals surface area contributed by atoms with Crippen molar-refractivity contribution in [2.45, 2.75) is 64.5 Å². The SMILES string of the molecule is CC1CCC(NC(C)CCc2ccc3c(c2)OCO3)CC1. The first-order chi connectivity index (χ1) is 10.2. The van der Waals surface area contributed by atoms with Crippen molar-refractivity contribution < 1.29 is 9.47 Å². The first kappa shape index (κ1) is 14.7. The number of nitrogens with one attached hydrogen (secondary N) is 1. The fraction of sp³-hybridized carbons (Fsp3) is 0.667. The van der Waals surface area contributed by atoms with Crippen molar-refractivity contribution in [1.82, 2.24) is 5.32 Å². The maximum atomic E-state index is 5.44. The summed E-state index contributed by atoms with van der Waals surface area (Å²) in [6, 6.07) is 7.61. The second-order valence-electron chi connectivity index (χ2n) is 6.75. The van der Waals surface area contributed by atoms with Crippen LogP contribution >= 0.6 is 0 Å². The van der Waals surface area contributed by atoms with Crippen LogP contribution in [0.4, 0.5) is 0 Å². The molecule has 1 saturated carbocycles. The van der Waals surface area contributed by atoms with Gasteiger partial charge in [0, 0.05) is 12.1 Å². The number of rotatable bonds is 5. The van der Waals surface area contributed by atoms with Crippen molar-refractivity contribution in [3.05, 3.63) is 23.8 Å². The van der Waals surface area contributed by atoms with Crippen LogP contribution in [-0.2, 0) is 6.42 Å². The standard InChI is InChI=1S/C18H27NO2/c1-13-3-8-16(9-4-13)19-14(2)5-6-15-7-10-17-18(11-15)21-12-20-17/h7,10-11,13-14,16,19H,3-6,8-9,12H2,1-2H3. The first-order valence-corrected chi connectivity index (χ1v) is 8.35. The summed E-state index contributed by atoms with van der Waals surface area (Å²) in [7, 11) is 0. The average Bonchev–Trinajstić information content (AvgIpc) is 2.95. The second-order valence-corrected chi connectivity index (χ2v) is 6.75. The molecular formula is C18H27NO2. The molecule has 1 fully saturated rings. The maximum absolute atomic E-state index is 5.44. The van der Waals surface area contributed by atoms with Gasteiger partial charge in [-0.2, -0.15) is 0 Å². The van der Waals surface area contributed by atoms with Gasteiger partial charge in [-0.3, -0.25) is 0 Å². The maximum Gasteiger partial charge on any atom is 0.231 e. The lowest BCUT2D eigenvalue weighted by atomic mass is 9.87. The zero-order valence-electron chi connectivity index (χ0n) is 13.2. The monoisotopic (exact) mass is 289 g/mol. The van der Waals surface area contributed by atoms with Crippen LogP contribution in [0.25, 0.3) is 0 Å². The summed E-state index contributed by atoms with van der Waals surface area (Å²) in [6.45, 7) is 5.04. The second kappa shape index (κ2) is 6.69. The molecule has 3 rings (SSSR count). The van der Waals surface area contributed by atoms with Crippen molar-refractivity contribution in [2.24, 2.45) is 5.92 Å². The van der Waals surface area contributed by atoms with E-state index in [1.165, 1.54) is 37.7 Å². The van der Waals surface area contributed by atoms with Crippen molar-refractivity contribution in [3.63, 3.8) is 0 Å². The van der Waals surface area contributed by atoms with Gasteiger partial charge in [0.05, 0.1) is 0 Å². The highest BCUT2D eigenvalue weighted by Gasteiger charge is 2.19. The number of hydrogen-bond donors (Lipinski definition) is 1. The summed E-state index contributed by atoms with van der Waals surface area (Å²) in [6.07, 6.45) is 7.71. The number of ether oxygens (including phenoxy) is 2. The summed E-state index contributed by atoms with van der Waals surface area (Å²) in [5.41, 5.74) is 1.34. The predicted octanol–water partition coefficient (Wildman–Crippen LogP) is 3.90. The Balaban J connectivity index is 1.44. The molecule has 3 nitrogen and oxygen atoms in total. The van der Waals surface area contributed by atoms with Crippen LogP contribution in [0, 0.1) is 5.92 Å². The first-order valence-electron chi connectivity index (χ1n) is 8.35. The summed E-state index contributed by atoms with van der Waals surface area (Å²) >= 11 is 0. The van der Waals surface area contributed by atoms with Crippen LogP contribution < -0.4 is 14.8 Å². The summed E-state index contributed by atoms with van der Waals surface area (Å²) in [4.78, 5) is 0. The molecule has 3 heteroatoms. The van der Waals surface area contributed by atoms with Gasteiger partial charge < -0.3 is 14.8 Å². The molecule has 1 aliphatic carbocycles. The molecule has 1 atom stereocenters. The highest BCUT2D eigenvalue weighted by Crippen LogP contribution is 2.32. The van der Waals surface area contributed by atoms with Gasteiger partial charge in [-0.1, -0.05) is 13.0 Å². The van der Waals surface area contributed by atoms with Crippen molar-refractivity contribution >= 4 is 0 Å². The number of benzene rings is 1. The smallest absolute Gasteiger partial charge is 0.231 e. The van der Waals surface area contributed by atoms with Gasteiger partial charge >= 0.3 is 0 Å². The molecule has 1 aliphatic heterocycles. The molecule has 1 aromatic carbocycles. The zero-order valence-corrected chi connectivity index (χ0v) is 13.2. The van der Waals surface area contributed by atoms with Gasteiger partial charge in [0.15, 0.2) is 11.5 Å². The number of aryl methyl sites for hydroxylation is 1. The fourth-order valence-electron chi connectivity index (χ4n) is 3.39. The van der Waals surface area contributed by atoms with Crippen molar-refractivity contribution in [3.8, 4) is 11.5 Å². The highest BCUT2D eigenvalue weighted by atomic mass is 16.7. The average molecular weight is 289 g/mol. The molecule has 1 heterocycles. The van der Waals surface area contributed by atoms with Crippen LogP contribution in [0.5, 0.6) is 11.5 Å². The molecule has 1 unspecified atom stereocenters. The van der Waals surface area contributed by atoms with Gasteiger partial charge in [-0.25, -0.2) is 0 Å². The molecule has 0 amide bonds. The van der Waals surface area contributed by atoms with Crippen LogP contribution in [0.2, 0.25) is 0 Å². The molecule has 1 aromatic rings. The largest absolute Gasteiger partial charge is 0.454 e. The Morgan fingerprint density at radius 2 is 1.90 bits per heavy atom. The Bertz CT molecular complexity index is 466. The van der Waals surface area contributed by atoms with E-state index in [-0.39, 0.29) is 0 Å². The molecular weight excluding hydrogens is 262 g/mol. The fourth-order valence-corrected chi connectivity index (χ4v) is 3.39. The van der Waals surface area contributed by atoms with E-state index >= 15 is 0 Å². The van der Waals surface area contributed by atoms with E-state index in [2.05, 4.69) is 31.3 Å². The molecule has 0 radical (unpaired) electrons. The molecule has 21 heavy (non-hydrogen) atoms. The van der Waals surface area contributed by atoms with E-state index in [1.807, 2.05) is 6.07 Å². The predicted molar refractivity (Wildman–Crippen MR) is 84.9 cm³/mol. The van der Waals surface area contributed by atoms with E-state index < -0.39 is 0 Å². The Labute approximate surface area is 128 Å². The minimum atomic E-state index is 0.358. The van der Waals surface area contributed by atoms with Crippen LogP contribution in [-0.4, -0.2) is 18.9 Å². The quantitative estimate of drug-likeness (QED) is 0.891. The number of fused-ring (bicyclic) bond motifs is 1. The Kier molecular flexibility index (Phi) is 4.69. The molecule has 0 aromatic heterocycles. The van der Waals surface area contributed by atoms with Gasteiger partial charge in [0.25, 0.3) is 0 Å². The molecule has 116 valence electrons. The van der Waals surface area contributed by atoms with Gasteiger partial charge in [-0.05, 0) is 69.1 Å². The summed E-state index contributed by atoms with van der Waals surface area (Å²) in [5, 5.41) is 3.81. The van der Waals surface area contributed by atoms with E-state index in [9.17, 15) is 0 Å².